The Bertz CT molecular complexity index is 911. The van der Waals surface area contributed by atoms with E-state index in [2.05, 4.69) is 83.3 Å². The highest BCUT2D eigenvalue weighted by Crippen LogP contribution is 2.68. The van der Waals surface area contributed by atoms with Crippen molar-refractivity contribution in [2.75, 3.05) is 11.0 Å². The zero-order chi connectivity index (χ0) is 26.4. The minimum absolute atomic E-state index is 0.0884. The van der Waals surface area contributed by atoms with Crippen molar-refractivity contribution in [1.82, 2.24) is 0 Å². The third-order valence-electron chi connectivity index (χ3n) is 11.9. The number of rotatable bonds is 3. The van der Waals surface area contributed by atoms with Gasteiger partial charge in [0.25, 0.3) is 0 Å². The number of fused-ring (bicyclic) bond motifs is 5. The molecule has 36 heavy (non-hydrogen) atoms. The van der Waals surface area contributed by atoms with Gasteiger partial charge in [-0.1, -0.05) is 75.8 Å². The summed E-state index contributed by atoms with van der Waals surface area (Å²) in [6.45, 7) is 19.6. The lowest BCUT2D eigenvalue weighted by atomic mass is 9.45. The molecule has 206 valence electrons. The molecule has 1 spiro atoms. The summed E-state index contributed by atoms with van der Waals surface area (Å²) in [7, 11) is -1.82. The molecule has 5 aliphatic rings. The van der Waals surface area contributed by atoms with Gasteiger partial charge >= 0.3 is 0 Å². The fraction of sp³-hybridized carbons (Fsp3) is 0.933. The maximum atomic E-state index is 12.5. The smallest absolute Gasteiger partial charge is 0.192 e. The Morgan fingerprint density at radius 3 is 2.44 bits per heavy atom. The molecule has 1 saturated heterocycles. The van der Waals surface area contributed by atoms with Gasteiger partial charge in [0.15, 0.2) is 8.32 Å². The fourth-order valence-corrected chi connectivity index (χ4v) is 11.8. The summed E-state index contributed by atoms with van der Waals surface area (Å²) in [6, 6.07) is 0. The minimum atomic E-state index is -1.82. The molecule has 1 aliphatic heterocycles. The SMILES string of the molecule is CC1(C)COOC2(CC[C@]3(CI)C4=CC[C@]5(C)[C@@H](O[Si](C)(C)C(C)(C)C)CC[C@H]5[C@@H]4CC[C@@]3(O)C2)C1. The first-order valence-electron chi connectivity index (χ1n) is 14.5. The van der Waals surface area contributed by atoms with E-state index in [1.165, 1.54) is 12.8 Å². The molecule has 0 aromatic carbocycles. The van der Waals surface area contributed by atoms with Crippen LogP contribution < -0.4 is 0 Å². The second kappa shape index (κ2) is 8.76. The number of hydrogen-bond acceptors (Lipinski definition) is 4. The van der Waals surface area contributed by atoms with Crippen molar-refractivity contribution in [2.24, 2.45) is 28.1 Å². The number of alkyl halides is 1. The Hall–Kier alpha value is 0.527. The zero-order valence-electron chi connectivity index (χ0n) is 24.1. The summed E-state index contributed by atoms with van der Waals surface area (Å²) >= 11 is 2.58. The topological polar surface area (TPSA) is 47.9 Å². The van der Waals surface area contributed by atoms with Crippen LogP contribution in [0.25, 0.3) is 0 Å². The van der Waals surface area contributed by atoms with Crippen LogP contribution in [0.5, 0.6) is 0 Å². The maximum Gasteiger partial charge on any atom is 0.192 e. The van der Waals surface area contributed by atoms with Crippen LogP contribution in [0.3, 0.4) is 0 Å². The number of halogens is 1. The average molecular weight is 631 g/mol. The molecule has 0 radical (unpaired) electrons. The Kier molecular flexibility index (Phi) is 6.83. The van der Waals surface area contributed by atoms with Gasteiger partial charge in [-0.2, -0.15) is 0 Å². The average Bonchev–Trinajstić information content (AvgIpc) is 3.07. The largest absolute Gasteiger partial charge is 0.413 e. The summed E-state index contributed by atoms with van der Waals surface area (Å²) in [5.41, 5.74) is 0.697. The quantitative estimate of drug-likeness (QED) is 0.113. The molecule has 0 bridgehead atoms. The molecule has 6 heteroatoms. The third kappa shape index (κ3) is 4.17. The van der Waals surface area contributed by atoms with E-state index in [4.69, 9.17) is 14.2 Å². The van der Waals surface area contributed by atoms with E-state index >= 15 is 0 Å². The molecule has 4 fully saturated rings. The normalized spacial score (nSPS) is 46.6. The van der Waals surface area contributed by atoms with Crippen molar-refractivity contribution in [3.05, 3.63) is 11.6 Å². The molecule has 0 aromatic heterocycles. The van der Waals surface area contributed by atoms with Gasteiger partial charge in [-0.25, -0.2) is 9.78 Å². The lowest BCUT2D eigenvalue weighted by Crippen LogP contribution is -2.65. The van der Waals surface area contributed by atoms with E-state index < -0.39 is 13.9 Å². The fourth-order valence-electron chi connectivity index (χ4n) is 8.86. The predicted octanol–water partition coefficient (Wildman–Crippen LogP) is 7.99. The highest BCUT2D eigenvalue weighted by atomic mass is 127. The summed E-state index contributed by atoms with van der Waals surface area (Å²) in [5.74, 6) is 1.25. The van der Waals surface area contributed by atoms with E-state index in [1.54, 1.807) is 5.57 Å². The van der Waals surface area contributed by atoms with Gasteiger partial charge in [-0.3, -0.25) is 0 Å². The molecule has 1 N–H and O–H groups in total. The summed E-state index contributed by atoms with van der Waals surface area (Å²) in [4.78, 5) is 11.7. The summed E-state index contributed by atoms with van der Waals surface area (Å²) in [5, 5.41) is 12.7. The van der Waals surface area contributed by atoms with Gasteiger partial charge in [-0.15, -0.1) is 0 Å². The zero-order valence-corrected chi connectivity index (χ0v) is 27.3. The van der Waals surface area contributed by atoms with Crippen LogP contribution in [0.1, 0.15) is 99.3 Å². The number of allylic oxidation sites excluding steroid dienone is 1. The van der Waals surface area contributed by atoms with E-state index in [9.17, 15) is 5.11 Å². The number of aliphatic hydroxyl groups is 1. The van der Waals surface area contributed by atoms with E-state index in [0.29, 0.717) is 31.0 Å². The van der Waals surface area contributed by atoms with Gasteiger partial charge in [0.2, 0.25) is 0 Å². The van der Waals surface area contributed by atoms with Gasteiger partial charge in [0.05, 0.1) is 18.3 Å². The molecule has 1 unspecified atom stereocenters. The van der Waals surface area contributed by atoms with Crippen molar-refractivity contribution in [3.8, 4) is 0 Å². The molecular weight excluding hydrogens is 579 g/mol. The summed E-state index contributed by atoms with van der Waals surface area (Å²) in [6.07, 6.45) is 12.1. The van der Waals surface area contributed by atoms with E-state index in [0.717, 1.165) is 43.0 Å². The van der Waals surface area contributed by atoms with Crippen LogP contribution in [-0.4, -0.2) is 41.8 Å². The predicted molar refractivity (Wildman–Crippen MR) is 157 cm³/mol. The molecule has 4 nitrogen and oxygen atoms in total. The van der Waals surface area contributed by atoms with Crippen molar-refractivity contribution in [2.45, 2.75) is 135 Å². The van der Waals surface area contributed by atoms with Gasteiger partial charge in [-0.05, 0) is 92.2 Å². The molecule has 7 atom stereocenters. The van der Waals surface area contributed by atoms with Crippen LogP contribution in [0.15, 0.2) is 11.6 Å². The summed E-state index contributed by atoms with van der Waals surface area (Å²) < 4.78 is 8.10. The maximum absolute atomic E-state index is 12.5. The van der Waals surface area contributed by atoms with E-state index in [-0.39, 0.29) is 26.9 Å². The van der Waals surface area contributed by atoms with Crippen LogP contribution in [0, 0.1) is 28.1 Å². The second-order valence-corrected chi connectivity index (χ2v) is 21.4. The Morgan fingerprint density at radius 1 is 1.08 bits per heavy atom. The lowest BCUT2D eigenvalue weighted by molar-refractivity contribution is -0.421. The van der Waals surface area contributed by atoms with Crippen LogP contribution >= 0.6 is 22.6 Å². The first-order chi connectivity index (χ1) is 16.5. The van der Waals surface area contributed by atoms with Crippen molar-refractivity contribution in [3.63, 3.8) is 0 Å². The van der Waals surface area contributed by atoms with Crippen LogP contribution in [0.2, 0.25) is 18.1 Å². The Labute approximate surface area is 234 Å². The minimum Gasteiger partial charge on any atom is -0.413 e. The van der Waals surface area contributed by atoms with Crippen molar-refractivity contribution < 1.29 is 19.3 Å². The highest BCUT2D eigenvalue weighted by Gasteiger charge is 2.67. The first kappa shape index (κ1) is 28.1. The van der Waals surface area contributed by atoms with Crippen LogP contribution in [0.4, 0.5) is 0 Å². The lowest BCUT2D eigenvalue weighted by Gasteiger charge is -2.64. The standard InChI is InChI=1S/C30H51IO4Si/c1-25(2,3)36(7,8)34-24-10-9-22-21-11-14-30(32)18-28(17-26(4,5)20-33-35-28)15-16-29(30,19-31)23(21)12-13-27(22,24)6/h12,21-22,24,32H,9-11,13-20H2,1-8H3/t21-,22-,24-,27-,28?,29-,30+/m0/s1. The Morgan fingerprint density at radius 2 is 1.81 bits per heavy atom. The molecule has 0 aromatic rings. The molecule has 4 aliphatic carbocycles. The van der Waals surface area contributed by atoms with E-state index in [1.807, 2.05) is 0 Å². The highest BCUT2D eigenvalue weighted by molar-refractivity contribution is 14.1. The molecular formula is C30H51IO4Si. The van der Waals surface area contributed by atoms with Crippen LogP contribution in [-0.2, 0) is 14.2 Å². The Balaban J connectivity index is 1.44. The van der Waals surface area contributed by atoms with Crippen molar-refractivity contribution >= 4 is 30.9 Å². The number of hydrogen-bond donors (Lipinski definition) is 1. The second-order valence-electron chi connectivity index (χ2n) is 15.9. The monoisotopic (exact) mass is 630 g/mol. The van der Waals surface area contributed by atoms with Gasteiger partial charge in [0.1, 0.15) is 5.60 Å². The van der Waals surface area contributed by atoms with Gasteiger partial charge < -0.3 is 9.53 Å². The molecule has 5 rings (SSSR count). The third-order valence-corrected chi connectivity index (χ3v) is 17.6. The first-order valence-corrected chi connectivity index (χ1v) is 18.9. The van der Waals surface area contributed by atoms with Gasteiger partial charge in [0, 0.05) is 16.3 Å². The van der Waals surface area contributed by atoms with Crippen molar-refractivity contribution in [1.29, 1.82) is 0 Å². The molecule has 0 amide bonds. The molecule has 3 saturated carbocycles. The molecule has 1 heterocycles.